The molecule has 1 aromatic heterocycles. The van der Waals surface area contributed by atoms with Crippen LogP contribution in [-0.2, 0) is 14.3 Å². The van der Waals surface area contributed by atoms with Crippen molar-refractivity contribution in [3.63, 3.8) is 0 Å². The van der Waals surface area contributed by atoms with Gasteiger partial charge in [-0.3, -0.25) is 9.36 Å². The minimum absolute atomic E-state index is 0.161. The largest absolute Gasteiger partial charge is 0.497 e. The Morgan fingerprint density at radius 3 is 2.58 bits per heavy atom. The van der Waals surface area contributed by atoms with Crippen molar-refractivity contribution in [3.05, 3.63) is 84.5 Å². The van der Waals surface area contributed by atoms with E-state index in [-0.39, 0.29) is 17.7 Å². The number of benzene rings is 2. The Bertz CT molecular complexity index is 1640. The summed E-state index contributed by atoms with van der Waals surface area (Å²) in [6, 6.07) is 11.1. The van der Waals surface area contributed by atoms with Gasteiger partial charge >= 0.3 is 11.9 Å². The minimum atomic E-state index is -1.09. The van der Waals surface area contributed by atoms with E-state index in [0.29, 0.717) is 49.8 Å². The zero-order valence-electron chi connectivity index (χ0n) is 22.6. The lowest BCUT2D eigenvalue weighted by molar-refractivity contribution is -0.140. The number of esters is 1. The first-order valence-electron chi connectivity index (χ1n) is 12.7. The molecule has 0 radical (unpaired) electrons. The summed E-state index contributed by atoms with van der Waals surface area (Å²) < 4.78 is 23.7. The quantitative estimate of drug-likeness (QED) is 0.351. The van der Waals surface area contributed by atoms with Gasteiger partial charge in [-0.05, 0) is 55.3 Å². The van der Waals surface area contributed by atoms with Gasteiger partial charge in [0.05, 0.1) is 36.6 Å². The van der Waals surface area contributed by atoms with E-state index >= 15 is 0 Å². The second-order valence-electron chi connectivity index (χ2n) is 8.78. The lowest BCUT2D eigenvalue weighted by Crippen LogP contribution is -2.40. The summed E-state index contributed by atoms with van der Waals surface area (Å²) in [7, 11) is 3.06. The molecule has 1 N–H and O–H groups in total. The van der Waals surface area contributed by atoms with E-state index < -0.39 is 24.6 Å². The molecule has 1 aliphatic rings. The van der Waals surface area contributed by atoms with Gasteiger partial charge in [0.25, 0.3) is 5.56 Å². The fourth-order valence-electron chi connectivity index (χ4n) is 4.46. The van der Waals surface area contributed by atoms with Crippen LogP contribution in [0.25, 0.3) is 6.08 Å². The summed E-state index contributed by atoms with van der Waals surface area (Å²) in [5.74, 6) is -0.275. The Balaban J connectivity index is 1.97. The van der Waals surface area contributed by atoms with Gasteiger partial charge in [-0.2, -0.15) is 0 Å². The van der Waals surface area contributed by atoms with E-state index in [2.05, 4.69) is 0 Å². The van der Waals surface area contributed by atoms with Crippen molar-refractivity contribution in [1.82, 2.24) is 4.57 Å². The summed E-state index contributed by atoms with van der Waals surface area (Å²) in [4.78, 5) is 43.5. The molecule has 4 rings (SSSR count). The molecule has 1 atom stereocenters. The fraction of sp³-hybridized carbons (Fsp3) is 0.310. The molecule has 3 aromatic rings. The molecule has 0 amide bonds. The van der Waals surface area contributed by atoms with Gasteiger partial charge < -0.3 is 24.1 Å². The van der Waals surface area contributed by atoms with Gasteiger partial charge in [0, 0.05) is 5.56 Å². The average Bonchev–Trinajstić information content (AvgIpc) is 3.25. The normalized spacial score (nSPS) is 14.8. The van der Waals surface area contributed by atoms with Crippen LogP contribution in [0.15, 0.2) is 63.5 Å². The van der Waals surface area contributed by atoms with Crippen LogP contribution >= 0.6 is 11.3 Å². The Morgan fingerprint density at radius 2 is 1.90 bits per heavy atom. The first kappa shape index (κ1) is 28.6. The number of hydrogen-bond acceptors (Lipinski definition) is 9. The van der Waals surface area contributed by atoms with Crippen molar-refractivity contribution < 1.29 is 33.6 Å². The number of allylic oxidation sites excluding steroid dienone is 1. The molecule has 11 heteroatoms. The molecule has 10 nitrogen and oxygen atoms in total. The number of fused-ring (bicyclic) bond motifs is 1. The number of hydrogen-bond donors (Lipinski definition) is 1. The average molecular weight is 567 g/mol. The molecule has 0 fully saturated rings. The third kappa shape index (κ3) is 5.94. The van der Waals surface area contributed by atoms with Crippen LogP contribution in [0, 0.1) is 0 Å². The van der Waals surface area contributed by atoms with E-state index in [1.54, 1.807) is 55.5 Å². The first-order chi connectivity index (χ1) is 19.3. The molecular weight excluding hydrogens is 536 g/mol. The standard InChI is InChI=1S/C29H30N2O8S/c1-5-8-21-25(28(35)38-6-2)26(20-15-18(36-3)11-12-22(20)37-4)31-27(34)23(40-29(31)30-21)14-17-9-7-10-19(13-17)39-16-24(32)33/h7,9-15,26H,5-6,8,16H2,1-4H3,(H,32,33)/b23-14-/t26-/m1/s1. The van der Waals surface area contributed by atoms with Crippen LogP contribution in [-0.4, -0.2) is 49.0 Å². The maximum atomic E-state index is 14.0. The monoisotopic (exact) mass is 566 g/mol. The van der Waals surface area contributed by atoms with E-state index in [1.165, 1.54) is 30.1 Å². The number of methoxy groups -OCH3 is 2. The van der Waals surface area contributed by atoms with E-state index in [0.717, 1.165) is 6.42 Å². The maximum absolute atomic E-state index is 14.0. The van der Waals surface area contributed by atoms with E-state index in [1.807, 2.05) is 6.92 Å². The van der Waals surface area contributed by atoms with Crippen molar-refractivity contribution in [1.29, 1.82) is 0 Å². The highest BCUT2D eigenvalue weighted by atomic mass is 32.1. The van der Waals surface area contributed by atoms with Crippen molar-refractivity contribution in [2.45, 2.75) is 32.7 Å². The molecule has 0 saturated heterocycles. The number of carbonyl (C=O) groups is 2. The summed E-state index contributed by atoms with van der Waals surface area (Å²) in [6.07, 6.45) is 2.91. The van der Waals surface area contributed by atoms with Crippen LogP contribution < -0.4 is 29.1 Å². The topological polar surface area (TPSA) is 126 Å². The Hall–Kier alpha value is -4.38. The van der Waals surface area contributed by atoms with Crippen LogP contribution in [0.5, 0.6) is 17.2 Å². The lowest BCUT2D eigenvalue weighted by atomic mass is 9.93. The Labute approximate surface area is 234 Å². The fourth-order valence-corrected chi connectivity index (χ4v) is 5.48. The number of carboxylic acid groups (broad SMARTS) is 1. The van der Waals surface area contributed by atoms with Crippen molar-refractivity contribution in [2.24, 2.45) is 4.99 Å². The van der Waals surface area contributed by atoms with Crippen molar-refractivity contribution in [2.75, 3.05) is 27.4 Å². The molecule has 0 aliphatic carbocycles. The molecule has 0 spiro atoms. The van der Waals surface area contributed by atoms with Crippen LogP contribution in [0.1, 0.15) is 43.9 Å². The number of carboxylic acids is 1. The summed E-state index contributed by atoms with van der Waals surface area (Å²) >= 11 is 1.19. The molecule has 0 bridgehead atoms. The number of aromatic nitrogens is 1. The van der Waals surface area contributed by atoms with Crippen LogP contribution in [0.3, 0.4) is 0 Å². The second kappa shape index (κ2) is 12.6. The maximum Gasteiger partial charge on any atom is 0.341 e. The summed E-state index contributed by atoms with van der Waals surface area (Å²) in [5, 5.41) is 8.91. The van der Waals surface area contributed by atoms with Crippen molar-refractivity contribution >= 4 is 29.4 Å². The van der Waals surface area contributed by atoms with Gasteiger partial charge in [-0.25, -0.2) is 14.6 Å². The number of ether oxygens (including phenoxy) is 4. The van der Waals surface area contributed by atoms with Crippen LogP contribution in [0.4, 0.5) is 0 Å². The molecule has 2 heterocycles. The molecular formula is C29H30N2O8S. The summed E-state index contributed by atoms with van der Waals surface area (Å²) in [5.41, 5.74) is 1.67. The summed E-state index contributed by atoms with van der Waals surface area (Å²) in [6.45, 7) is 3.39. The van der Waals surface area contributed by atoms with E-state index in [4.69, 9.17) is 29.0 Å². The lowest BCUT2D eigenvalue weighted by Gasteiger charge is -2.27. The van der Waals surface area contributed by atoms with E-state index in [9.17, 15) is 14.4 Å². The number of thiazole rings is 1. The molecule has 2 aromatic carbocycles. The Kier molecular flexibility index (Phi) is 9.05. The molecule has 0 saturated carbocycles. The Morgan fingerprint density at radius 1 is 1.10 bits per heavy atom. The third-order valence-electron chi connectivity index (χ3n) is 6.14. The predicted octanol–water partition coefficient (Wildman–Crippen LogP) is 3.06. The minimum Gasteiger partial charge on any atom is -0.497 e. The highest BCUT2D eigenvalue weighted by Gasteiger charge is 2.36. The molecule has 1 aliphatic heterocycles. The van der Waals surface area contributed by atoms with Gasteiger partial charge in [-0.15, -0.1) is 0 Å². The first-order valence-corrected chi connectivity index (χ1v) is 13.5. The highest BCUT2D eigenvalue weighted by molar-refractivity contribution is 7.07. The SMILES string of the molecule is CCCC1=C(C(=O)OCC)[C@@H](c2cc(OC)ccc2OC)n2c(s/c(=C\c3cccc(OCC(=O)O)c3)c2=O)=N1. The van der Waals surface area contributed by atoms with Gasteiger partial charge in [0.1, 0.15) is 23.3 Å². The molecule has 210 valence electrons. The smallest absolute Gasteiger partial charge is 0.341 e. The number of carbonyl (C=O) groups excluding carboxylic acids is 1. The number of aliphatic carboxylic acids is 1. The molecule has 40 heavy (non-hydrogen) atoms. The molecule has 0 unspecified atom stereocenters. The third-order valence-corrected chi connectivity index (χ3v) is 7.12. The zero-order chi connectivity index (χ0) is 28.8. The van der Waals surface area contributed by atoms with Gasteiger partial charge in [0.15, 0.2) is 11.4 Å². The van der Waals surface area contributed by atoms with Crippen LogP contribution in [0.2, 0.25) is 0 Å². The second-order valence-corrected chi connectivity index (χ2v) is 9.79. The number of rotatable bonds is 11. The number of nitrogens with zero attached hydrogens (tertiary/aromatic N) is 2. The highest BCUT2D eigenvalue weighted by Crippen LogP contribution is 2.38. The van der Waals surface area contributed by atoms with Gasteiger partial charge in [-0.1, -0.05) is 36.8 Å². The predicted molar refractivity (Wildman–Crippen MR) is 149 cm³/mol. The zero-order valence-corrected chi connectivity index (χ0v) is 23.4. The van der Waals surface area contributed by atoms with Gasteiger partial charge in [0.2, 0.25) is 0 Å². The van der Waals surface area contributed by atoms with Crippen molar-refractivity contribution in [3.8, 4) is 17.2 Å².